The first-order chi connectivity index (χ1) is 11.6. The molecule has 1 atom stereocenters. The summed E-state index contributed by atoms with van der Waals surface area (Å²) in [6.07, 6.45) is 2.60. The zero-order chi connectivity index (χ0) is 16.9. The fourth-order valence-corrected chi connectivity index (χ4v) is 3.33. The number of likely N-dealkylation sites (tertiary alicyclic amines) is 1. The monoisotopic (exact) mass is 336 g/mol. The first-order valence-electron chi connectivity index (χ1n) is 8.99. The van der Waals surface area contributed by atoms with Gasteiger partial charge in [-0.2, -0.15) is 0 Å². The van der Waals surface area contributed by atoms with E-state index < -0.39 is 0 Å². The van der Waals surface area contributed by atoms with Crippen LogP contribution < -0.4 is 0 Å². The Morgan fingerprint density at radius 3 is 2.71 bits per heavy atom. The maximum atomic E-state index is 12.4. The molecule has 2 fully saturated rings. The molecule has 1 amide bonds. The summed E-state index contributed by atoms with van der Waals surface area (Å²) in [4.78, 5) is 16.6. The molecule has 1 aromatic rings. The summed E-state index contributed by atoms with van der Waals surface area (Å²) < 4.78 is 11.1. The van der Waals surface area contributed by atoms with Gasteiger partial charge in [-0.25, -0.2) is 0 Å². The lowest BCUT2D eigenvalue weighted by atomic mass is 10.1. The zero-order valence-electron chi connectivity index (χ0n) is 14.7. The van der Waals surface area contributed by atoms with Crippen LogP contribution >= 0.6 is 0 Å². The van der Waals surface area contributed by atoms with Gasteiger partial charge in [0.25, 0.3) is 0 Å². The molecular weight excluding hydrogens is 308 g/mol. The van der Waals surface area contributed by atoms with E-state index in [-0.39, 0.29) is 5.91 Å². The highest BCUT2D eigenvalue weighted by Crippen LogP contribution is 2.21. The van der Waals surface area contributed by atoms with Gasteiger partial charge in [0.1, 0.15) is 0 Å². The number of amides is 1. The van der Waals surface area contributed by atoms with Crippen LogP contribution in [0, 0.1) is 11.8 Å². The average Bonchev–Trinajstić information content (AvgIpc) is 3.18. The van der Waals surface area contributed by atoms with E-state index in [1.54, 1.807) is 0 Å². The van der Waals surface area contributed by atoms with Gasteiger partial charge in [0, 0.05) is 39.0 Å². The molecular formula is C17H28N4O3. The molecule has 1 unspecified atom stereocenters. The predicted octanol–water partition coefficient (Wildman–Crippen LogP) is 0.991. The van der Waals surface area contributed by atoms with Gasteiger partial charge in [-0.1, -0.05) is 13.8 Å². The maximum absolute atomic E-state index is 12.4. The molecule has 7 nitrogen and oxygen atoms in total. The molecule has 2 aliphatic heterocycles. The van der Waals surface area contributed by atoms with Gasteiger partial charge < -0.3 is 14.1 Å². The van der Waals surface area contributed by atoms with Crippen LogP contribution in [-0.4, -0.2) is 71.8 Å². The third-order valence-electron chi connectivity index (χ3n) is 4.66. The van der Waals surface area contributed by atoms with Crippen molar-refractivity contribution in [3.05, 3.63) is 11.8 Å². The lowest BCUT2D eigenvalue weighted by Gasteiger charge is -2.28. The van der Waals surface area contributed by atoms with Crippen molar-refractivity contribution in [2.75, 3.05) is 45.9 Å². The van der Waals surface area contributed by atoms with Crippen molar-refractivity contribution in [3.63, 3.8) is 0 Å². The molecule has 0 spiro atoms. The van der Waals surface area contributed by atoms with Crippen molar-refractivity contribution in [1.29, 1.82) is 0 Å². The number of rotatable bonds is 6. The number of carbonyl (C=O) groups excluding carboxylic acids is 1. The lowest BCUT2D eigenvalue weighted by Crippen LogP contribution is -2.44. The van der Waals surface area contributed by atoms with E-state index in [1.807, 2.05) is 4.90 Å². The Morgan fingerprint density at radius 2 is 1.96 bits per heavy atom. The van der Waals surface area contributed by atoms with E-state index in [2.05, 4.69) is 28.9 Å². The van der Waals surface area contributed by atoms with E-state index >= 15 is 0 Å². The van der Waals surface area contributed by atoms with Crippen LogP contribution in [0.4, 0.5) is 0 Å². The normalized spacial score (nSPS) is 22.5. The maximum Gasteiger partial charge on any atom is 0.236 e. The molecule has 0 saturated carbocycles. The number of carbonyl (C=O) groups is 1. The zero-order valence-corrected chi connectivity index (χ0v) is 14.7. The van der Waals surface area contributed by atoms with Gasteiger partial charge in [-0.15, -0.1) is 10.2 Å². The fourth-order valence-electron chi connectivity index (χ4n) is 3.33. The van der Waals surface area contributed by atoms with Crippen LogP contribution in [0.25, 0.3) is 0 Å². The van der Waals surface area contributed by atoms with E-state index in [0.29, 0.717) is 24.3 Å². The highest BCUT2D eigenvalue weighted by molar-refractivity contribution is 5.78. The molecule has 0 bridgehead atoms. The largest absolute Gasteiger partial charge is 0.425 e. The highest BCUT2D eigenvalue weighted by atomic mass is 16.5. The Labute approximate surface area is 143 Å². The van der Waals surface area contributed by atoms with Gasteiger partial charge >= 0.3 is 0 Å². The van der Waals surface area contributed by atoms with E-state index in [1.165, 1.54) is 0 Å². The van der Waals surface area contributed by atoms with Crippen LogP contribution in [0.5, 0.6) is 0 Å². The van der Waals surface area contributed by atoms with Gasteiger partial charge in [0.05, 0.1) is 19.8 Å². The number of hydrogen-bond donors (Lipinski definition) is 0. The number of ether oxygens (including phenoxy) is 1. The van der Waals surface area contributed by atoms with Crippen molar-refractivity contribution in [1.82, 2.24) is 20.0 Å². The average molecular weight is 336 g/mol. The summed E-state index contributed by atoms with van der Waals surface area (Å²) in [6, 6.07) is 0. The van der Waals surface area contributed by atoms with Gasteiger partial charge in [-0.05, 0) is 18.3 Å². The number of morpholine rings is 1. The summed E-state index contributed by atoms with van der Waals surface area (Å²) in [7, 11) is 0. The molecule has 134 valence electrons. The van der Waals surface area contributed by atoms with Crippen LogP contribution in [-0.2, 0) is 22.4 Å². The van der Waals surface area contributed by atoms with Crippen LogP contribution in [0.15, 0.2) is 4.42 Å². The lowest BCUT2D eigenvalue weighted by molar-refractivity contribution is -0.132. The Hall–Kier alpha value is -1.47. The third kappa shape index (κ3) is 4.77. The summed E-state index contributed by atoms with van der Waals surface area (Å²) >= 11 is 0. The summed E-state index contributed by atoms with van der Waals surface area (Å²) in [5.74, 6) is 2.59. The molecule has 1 aromatic heterocycles. The molecule has 2 saturated heterocycles. The molecule has 0 aliphatic carbocycles. The minimum atomic E-state index is 0.227. The van der Waals surface area contributed by atoms with Crippen molar-refractivity contribution in [2.45, 2.75) is 33.1 Å². The number of nitrogens with zero attached hydrogens (tertiary/aromatic N) is 4. The van der Waals surface area contributed by atoms with Crippen LogP contribution in [0.2, 0.25) is 0 Å². The quantitative estimate of drug-likeness (QED) is 0.771. The SMILES string of the molecule is CC(C)Cc1nnc(CC2CCN(C(=O)CN3CCOCC3)C2)o1. The molecule has 7 heteroatoms. The summed E-state index contributed by atoms with van der Waals surface area (Å²) in [6.45, 7) is 9.57. The first-order valence-corrected chi connectivity index (χ1v) is 8.99. The standard InChI is InChI=1S/C17H28N4O3/c1-13(2)9-15-18-19-16(24-15)10-14-3-4-21(11-14)17(22)12-20-5-7-23-8-6-20/h13-14H,3-12H2,1-2H3. The van der Waals surface area contributed by atoms with E-state index in [9.17, 15) is 4.79 Å². The Bertz CT molecular complexity index is 540. The first kappa shape index (κ1) is 17.4. The Balaban J connectivity index is 1.44. The second-order valence-corrected chi connectivity index (χ2v) is 7.27. The van der Waals surface area contributed by atoms with Crippen LogP contribution in [0.3, 0.4) is 0 Å². The van der Waals surface area contributed by atoms with Crippen molar-refractivity contribution >= 4 is 5.91 Å². The third-order valence-corrected chi connectivity index (χ3v) is 4.66. The Morgan fingerprint density at radius 1 is 1.21 bits per heavy atom. The summed E-state index contributed by atoms with van der Waals surface area (Å²) in [5.41, 5.74) is 0. The van der Waals surface area contributed by atoms with Crippen molar-refractivity contribution < 1.29 is 13.9 Å². The molecule has 24 heavy (non-hydrogen) atoms. The molecule has 2 aliphatic rings. The minimum absolute atomic E-state index is 0.227. The van der Waals surface area contributed by atoms with Gasteiger partial charge in [0.2, 0.25) is 17.7 Å². The van der Waals surface area contributed by atoms with E-state index in [4.69, 9.17) is 9.15 Å². The van der Waals surface area contributed by atoms with Crippen LogP contribution in [0.1, 0.15) is 32.0 Å². The predicted molar refractivity (Wildman–Crippen MR) is 88.5 cm³/mol. The van der Waals surface area contributed by atoms with Crippen molar-refractivity contribution in [2.24, 2.45) is 11.8 Å². The second kappa shape index (κ2) is 8.07. The smallest absolute Gasteiger partial charge is 0.236 e. The number of hydrogen-bond acceptors (Lipinski definition) is 6. The Kier molecular flexibility index (Phi) is 5.84. The molecule has 0 radical (unpaired) electrons. The number of aromatic nitrogens is 2. The topological polar surface area (TPSA) is 71.7 Å². The van der Waals surface area contributed by atoms with Gasteiger partial charge in [0.15, 0.2) is 0 Å². The molecule has 0 aromatic carbocycles. The second-order valence-electron chi connectivity index (χ2n) is 7.27. The molecule has 3 heterocycles. The van der Waals surface area contributed by atoms with Gasteiger partial charge in [-0.3, -0.25) is 9.69 Å². The minimum Gasteiger partial charge on any atom is -0.425 e. The molecule has 0 N–H and O–H groups in total. The van der Waals surface area contributed by atoms with E-state index in [0.717, 1.165) is 64.5 Å². The van der Waals surface area contributed by atoms with Crippen molar-refractivity contribution in [3.8, 4) is 0 Å². The summed E-state index contributed by atoms with van der Waals surface area (Å²) in [5, 5.41) is 8.27. The highest BCUT2D eigenvalue weighted by Gasteiger charge is 2.28. The fraction of sp³-hybridized carbons (Fsp3) is 0.824. The molecule has 3 rings (SSSR count).